The van der Waals surface area contributed by atoms with Gasteiger partial charge in [-0.2, -0.15) is 0 Å². The minimum Gasteiger partial charge on any atom is -0.422 e. The fraction of sp³-hybridized carbons (Fsp3) is 0.214. The smallest absolute Gasteiger partial charge is 0.336 e. The van der Waals surface area contributed by atoms with E-state index < -0.39 is 11.2 Å². The third kappa shape index (κ3) is 2.45. The lowest BCUT2D eigenvalue weighted by Crippen LogP contribution is -2.18. The van der Waals surface area contributed by atoms with Crippen molar-refractivity contribution in [3.05, 3.63) is 58.4 Å². The molecule has 2 rings (SSSR count). The Balaban J connectivity index is 2.68. The maximum Gasteiger partial charge on any atom is 0.336 e. The number of aliphatic hydroxyl groups is 1. The number of hydrogen-bond donors (Lipinski definition) is 1. The summed E-state index contributed by atoms with van der Waals surface area (Å²) in [6.45, 7) is 3.32. The Morgan fingerprint density at radius 2 is 1.71 bits per heavy atom. The van der Waals surface area contributed by atoms with Crippen molar-refractivity contribution in [3.8, 4) is 11.3 Å². The predicted molar refractivity (Wildman–Crippen MR) is 65.7 cm³/mol. The van der Waals surface area contributed by atoms with E-state index in [-0.39, 0.29) is 0 Å². The van der Waals surface area contributed by atoms with Crippen molar-refractivity contribution in [1.29, 1.82) is 0 Å². The molecule has 0 radical (unpaired) electrons. The first-order chi connectivity index (χ1) is 7.98. The van der Waals surface area contributed by atoms with E-state index in [0.717, 1.165) is 5.56 Å². The largest absolute Gasteiger partial charge is 0.422 e. The summed E-state index contributed by atoms with van der Waals surface area (Å²) in [6.07, 6.45) is 0. The molecule has 0 aliphatic rings. The minimum atomic E-state index is -1.05. The van der Waals surface area contributed by atoms with Gasteiger partial charge in [-0.3, -0.25) is 0 Å². The second-order valence-electron chi connectivity index (χ2n) is 4.42. The Labute approximate surface area is 99.3 Å². The molecular formula is C14H14O3. The number of benzene rings is 1. The molecule has 0 unspecified atom stereocenters. The Morgan fingerprint density at radius 1 is 1.06 bits per heavy atom. The molecule has 1 heterocycles. The molecule has 0 aliphatic heterocycles. The van der Waals surface area contributed by atoms with Crippen molar-refractivity contribution in [3.63, 3.8) is 0 Å². The topological polar surface area (TPSA) is 50.4 Å². The van der Waals surface area contributed by atoms with E-state index in [9.17, 15) is 9.90 Å². The normalized spacial score (nSPS) is 11.5. The van der Waals surface area contributed by atoms with Crippen LogP contribution in [-0.2, 0) is 5.60 Å². The quantitative estimate of drug-likeness (QED) is 0.862. The second kappa shape index (κ2) is 4.18. The van der Waals surface area contributed by atoms with Crippen LogP contribution in [0.1, 0.15) is 19.4 Å². The average Bonchev–Trinajstić information content (AvgIpc) is 2.28. The summed E-state index contributed by atoms with van der Waals surface area (Å²) < 4.78 is 5.21. The number of hydrogen-bond acceptors (Lipinski definition) is 3. The van der Waals surface area contributed by atoms with E-state index in [0.29, 0.717) is 11.3 Å². The molecule has 0 saturated heterocycles. The van der Waals surface area contributed by atoms with E-state index in [1.165, 1.54) is 6.07 Å². The van der Waals surface area contributed by atoms with Gasteiger partial charge in [0.05, 0.1) is 5.60 Å². The van der Waals surface area contributed by atoms with Gasteiger partial charge in [0.1, 0.15) is 5.76 Å². The highest BCUT2D eigenvalue weighted by Crippen LogP contribution is 2.30. The molecule has 0 amide bonds. The third-order valence-electron chi connectivity index (χ3n) is 2.53. The molecule has 1 aromatic carbocycles. The van der Waals surface area contributed by atoms with Crippen LogP contribution in [0.4, 0.5) is 0 Å². The molecule has 3 nitrogen and oxygen atoms in total. The van der Waals surface area contributed by atoms with Crippen molar-refractivity contribution >= 4 is 0 Å². The molecule has 0 fully saturated rings. The summed E-state index contributed by atoms with van der Waals surface area (Å²) in [4.78, 5) is 11.3. The van der Waals surface area contributed by atoms with E-state index in [4.69, 9.17) is 4.42 Å². The molecule has 1 N–H and O–H groups in total. The van der Waals surface area contributed by atoms with Crippen LogP contribution >= 0.6 is 0 Å². The summed E-state index contributed by atoms with van der Waals surface area (Å²) in [7, 11) is 0. The van der Waals surface area contributed by atoms with Crippen LogP contribution in [0.15, 0.2) is 51.7 Å². The van der Waals surface area contributed by atoms with Crippen LogP contribution in [0.5, 0.6) is 0 Å². The number of rotatable bonds is 2. The fourth-order valence-corrected chi connectivity index (χ4v) is 1.70. The van der Waals surface area contributed by atoms with Gasteiger partial charge in [0, 0.05) is 17.2 Å². The molecule has 88 valence electrons. The van der Waals surface area contributed by atoms with Gasteiger partial charge in [-0.25, -0.2) is 4.79 Å². The highest BCUT2D eigenvalue weighted by Gasteiger charge is 2.22. The minimum absolute atomic E-state index is 0.420. The maximum atomic E-state index is 11.3. The summed E-state index contributed by atoms with van der Waals surface area (Å²) in [5, 5.41) is 10.1. The fourth-order valence-electron chi connectivity index (χ4n) is 1.70. The highest BCUT2D eigenvalue weighted by atomic mass is 16.4. The van der Waals surface area contributed by atoms with E-state index in [1.54, 1.807) is 19.9 Å². The van der Waals surface area contributed by atoms with E-state index >= 15 is 0 Å². The summed E-state index contributed by atoms with van der Waals surface area (Å²) in [5.41, 5.74) is -0.0926. The van der Waals surface area contributed by atoms with Gasteiger partial charge in [0.2, 0.25) is 0 Å². The zero-order valence-corrected chi connectivity index (χ0v) is 9.81. The van der Waals surface area contributed by atoms with Gasteiger partial charge in [-0.05, 0) is 19.9 Å². The zero-order valence-electron chi connectivity index (χ0n) is 9.81. The molecule has 17 heavy (non-hydrogen) atoms. The van der Waals surface area contributed by atoms with Gasteiger partial charge >= 0.3 is 5.63 Å². The van der Waals surface area contributed by atoms with Crippen molar-refractivity contribution in [1.82, 2.24) is 0 Å². The average molecular weight is 230 g/mol. The summed E-state index contributed by atoms with van der Waals surface area (Å²) >= 11 is 0. The molecule has 0 saturated carbocycles. The van der Waals surface area contributed by atoms with E-state index in [1.807, 2.05) is 30.3 Å². The lowest BCUT2D eigenvalue weighted by atomic mass is 9.94. The standard InChI is InChI=1S/C14H14O3/c1-14(2,16)11-8-9-12(15)17-13(11)10-6-4-3-5-7-10/h3-9,16H,1-2H3. The maximum absolute atomic E-state index is 11.3. The molecule has 0 aliphatic carbocycles. The Kier molecular flexibility index (Phi) is 2.86. The van der Waals surface area contributed by atoms with Crippen LogP contribution in [0, 0.1) is 0 Å². The first-order valence-electron chi connectivity index (χ1n) is 5.41. The molecule has 0 atom stereocenters. The lowest BCUT2D eigenvalue weighted by Gasteiger charge is -2.19. The first kappa shape index (κ1) is 11.6. The van der Waals surface area contributed by atoms with Crippen LogP contribution in [-0.4, -0.2) is 5.11 Å². The first-order valence-corrected chi connectivity index (χ1v) is 5.41. The SMILES string of the molecule is CC(C)(O)c1ccc(=O)oc1-c1ccccc1. The molecule has 0 spiro atoms. The Bertz CT molecular complexity index is 562. The molecule has 1 aromatic heterocycles. The second-order valence-corrected chi connectivity index (χ2v) is 4.42. The van der Waals surface area contributed by atoms with Gasteiger partial charge in [0.15, 0.2) is 0 Å². The van der Waals surface area contributed by atoms with Crippen LogP contribution in [0.3, 0.4) is 0 Å². The van der Waals surface area contributed by atoms with E-state index in [2.05, 4.69) is 0 Å². The molecule has 3 heteroatoms. The zero-order chi connectivity index (χ0) is 12.5. The van der Waals surface area contributed by atoms with Crippen LogP contribution in [0.2, 0.25) is 0 Å². The van der Waals surface area contributed by atoms with Crippen LogP contribution in [0.25, 0.3) is 11.3 Å². The molecular weight excluding hydrogens is 216 g/mol. The van der Waals surface area contributed by atoms with Gasteiger partial charge in [-0.1, -0.05) is 30.3 Å². The van der Waals surface area contributed by atoms with Gasteiger partial charge < -0.3 is 9.52 Å². The monoisotopic (exact) mass is 230 g/mol. The van der Waals surface area contributed by atoms with Crippen molar-refractivity contribution in [2.75, 3.05) is 0 Å². The molecule has 0 bridgehead atoms. The van der Waals surface area contributed by atoms with Crippen LogP contribution < -0.4 is 5.63 Å². The highest BCUT2D eigenvalue weighted by molar-refractivity contribution is 5.61. The summed E-state index contributed by atoms with van der Waals surface area (Å²) in [5.74, 6) is 0.422. The Hall–Kier alpha value is -1.87. The molecule has 2 aromatic rings. The van der Waals surface area contributed by atoms with Crippen molar-refractivity contribution in [2.24, 2.45) is 0 Å². The predicted octanol–water partition coefficient (Wildman–Crippen LogP) is 2.53. The summed E-state index contributed by atoms with van der Waals surface area (Å²) in [6, 6.07) is 12.2. The third-order valence-corrected chi connectivity index (χ3v) is 2.53. The van der Waals surface area contributed by atoms with Crippen molar-refractivity contribution in [2.45, 2.75) is 19.4 Å². The lowest BCUT2D eigenvalue weighted by molar-refractivity contribution is 0.0772. The van der Waals surface area contributed by atoms with Gasteiger partial charge in [-0.15, -0.1) is 0 Å². The van der Waals surface area contributed by atoms with Gasteiger partial charge in [0.25, 0.3) is 0 Å². The van der Waals surface area contributed by atoms with Crippen molar-refractivity contribution < 1.29 is 9.52 Å². The Morgan fingerprint density at radius 3 is 2.29 bits per heavy atom.